The molecule has 20 heavy (non-hydrogen) atoms. The molecule has 1 atom stereocenters. The second-order valence-corrected chi connectivity index (χ2v) is 6.05. The number of aromatic nitrogens is 2. The van der Waals surface area contributed by atoms with E-state index in [2.05, 4.69) is 20.2 Å². The Morgan fingerprint density at radius 1 is 1.50 bits per heavy atom. The summed E-state index contributed by atoms with van der Waals surface area (Å²) in [5.41, 5.74) is -0.453. The molecule has 2 rings (SSSR count). The van der Waals surface area contributed by atoms with Crippen molar-refractivity contribution in [2.24, 2.45) is 5.92 Å². The maximum absolute atomic E-state index is 11.6. The number of hydrogen-bond donors (Lipinski definition) is 1. The summed E-state index contributed by atoms with van der Waals surface area (Å²) in [6.07, 6.45) is 5.81. The van der Waals surface area contributed by atoms with Crippen LogP contribution in [-0.4, -0.2) is 41.3 Å². The molecule has 110 valence electrons. The van der Waals surface area contributed by atoms with Gasteiger partial charge in [0.05, 0.1) is 6.20 Å². The number of alkyl carbamates (subject to hydrolysis) is 1. The van der Waals surface area contributed by atoms with Crippen molar-refractivity contribution in [3.8, 4) is 0 Å². The standard InChI is InChI=1S/C14H22N4O2/c1-14(2,3)20-13(19)17-8-11-4-7-18(10-11)12-9-15-5-6-16-12/h5-6,9,11H,4,7-8,10H2,1-3H3,(H,17,19). The van der Waals surface area contributed by atoms with Gasteiger partial charge in [0.1, 0.15) is 11.4 Å². The average Bonchev–Trinajstić information content (AvgIpc) is 2.84. The zero-order chi connectivity index (χ0) is 14.6. The van der Waals surface area contributed by atoms with Crippen molar-refractivity contribution in [1.82, 2.24) is 15.3 Å². The maximum Gasteiger partial charge on any atom is 0.407 e. The van der Waals surface area contributed by atoms with Crippen molar-refractivity contribution < 1.29 is 9.53 Å². The van der Waals surface area contributed by atoms with Crippen LogP contribution < -0.4 is 10.2 Å². The molecule has 1 saturated heterocycles. The number of nitrogens with one attached hydrogen (secondary N) is 1. The number of ether oxygens (including phenoxy) is 1. The highest BCUT2D eigenvalue weighted by Crippen LogP contribution is 2.20. The third-order valence-corrected chi connectivity index (χ3v) is 3.09. The van der Waals surface area contributed by atoms with E-state index in [1.165, 1.54) is 0 Å². The van der Waals surface area contributed by atoms with Crippen LogP contribution in [0.25, 0.3) is 0 Å². The molecule has 1 N–H and O–H groups in total. The first kappa shape index (κ1) is 14.6. The molecule has 0 aliphatic carbocycles. The van der Waals surface area contributed by atoms with E-state index >= 15 is 0 Å². The third-order valence-electron chi connectivity index (χ3n) is 3.09. The number of carbonyl (C=O) groups excluding carboxylic acids is 1. The lowest BCUT2D eigenvalue weighted by molar-refractivity contribution is 0.0520. The van der Waals surface area contributed by atoms with Gasteiger partial charge in [-0.2, -0.15) is 0 Å². The molecule has 0 aromatic carbocycles. The lowest BCUT2D eigenvalue weighted by atomic mass is 10.1. The highest BCUT2D eigenvalue weighted by atomic mass is 16.6. The van der Waals surface area contributed by atoms with Crippen LogP contribution >= 0.6 is 0 Å². The van der Waals surface area contributed by atoms with Gasteiger partial charge in [-0.05, 0) is 33.1 Å². The van der Waals surface area contributed by atoms with E-state index in [0.29, 0.717) is 12.5 Å². The normalized spacial score (nSPS) is 18.9. The van der Waals surface area contributed by atoms with Gasteiger partial charge in [0.15, 0.2) is 0 Å². The topological polar surface area (TPSA) is 67.3 Å². The SMILES string of the molecule is CC(C)(C)OC(=O)NCC1CCN(c2cnccn2)C1. The Labute approximate surface area is 119 Å². The van der Waals surface area contributed by atoms with E-state index in [1.54, 1.807) is 18.6 Å². The van der Waals surface area contributed by atoms with E-state index in [-0.39, 0.29) is 6.09 Å². The van der Waals surface area contributed by atoms with Gasteiger partial charge in [-0.1, -0.05) is 0 Å². The molecule has 1 aromatic heterocycles. The monoisotopic (exact) mass is 278 g/mol. The van der Waals surface area contributed by atoms with Gasteiger partial charge in [-0.15, -0.1) is 0 Å². The molecular formula is C14H22N4O2. The summed E-state index contributed by atoms with van der Waals surface area (Å²) >= 11 is 0. The van der Waals surface area contributed by atoms with Gasteiger partial charge in [-0.3, -0.25) is 4.98 Å². The summed E-state index contributed by atoms with van der Waals surface area (Å²) in [5.74, 6) is 1.32. The van der Waals surface area contributed by atoms with Crippen LogP contribution in [0.4, 0.5) is 10.6 Å². The number of nitrogens with zero attached hydrogens (tertiary/aromatic N) is 3. The minimum atomic E-state index is -0.453. The van der Waals surface area contributed by atoms with E-state index < -0.39 is 5.60 Å². The molecule has 1 fully saturated rings. The predicted molar refractivity (Wildman–Crippen MR) is 76.6 cm³/mol. The number of amides is 1. The molecule has 1 aliphatic heterocycles. The van der Waals surface area contributed by atoms with Gasteiger partial charge >= 0.3 is 6.09 Å². The molecule has 0 saturated carbocycles. The first-order chi connectivity index (χ1) is 9.44. The fraction of sp³-hybridized carbons (Fsp3) is 0.643. The van der Waals surface area contributed by atoms with E-state index in [1.807, 2.05) is 20.8 Å². The summed E-state index contributed by atoms with van der Waals surface area (Å²) in [6.45, 7) is 8.04. The molecule has 0 bridgehead atoms. The molecule has 1 aromatic rings. The van der Waals surface area contributed by atoms with Gasteiger partial charge in [-0.25, -0.2) is 9.78 Å². The van der Waals surface area contributed by atoms with E-state index in [4.69, 9.17) is 4.74 Å². The summed E-state index contributed by atoms with van der Waals surface area (Å²) < 4.78 is 5.22. The van der Waals surface area contributed by atoms with Crippen LogP contribution in [0.5, 0.6) is 0 Å². The predicted octanol–water partition coefficient (Wildman–Crippen LogP) is 1.83. The molecule has 6 heteroatoms. The number of rotatable bonds is 3. The second-order valence-electron chi connectivity index (χ2n) is 6.05. The largest absolute Gasteiger partial charge is 0.444 e. The Hall–Kier alpha value is -1.85. The second kappa shape index (κ2) is 6.07. The first-order valence-electron chi connectivity index (χ1n) is 6.92. The van der Waals surface area contributed by atoms with E-state index in [9.17, 15) is 4.79 Å². The van der Waals surface area contributed by atoms with Crippen molar-refractivity contribution in [3.63, 3.8) is 0 Å². The van der Waals surface area contributed by atoms with Crippen LogP contribution in [0.15, 0.2) is 18.6 Å². The molecule has 1 aliphatic rings. The molecule has 0 radical (unpaired) electrons. The maximum atomic E-state index is 11.6. The lowest BCUT2D eigenvalue weighted by Gasteiger charge is -2.21. The zero-order valence-corrected chi connectivity index (χ0v) is 12.3. The minimum absolute atomic E-state index is 0.351. The highest BCUT2D eigenvalue weighted by molar-refractivity contribution is 5.67. The summed E-state index contributed by atoms with van der Waals surface area (Å²) in [5, 5.41) is 2.83. The molecule has 6 nitrogen and oxygen atoms in total. The summed E-state index contributed by atoms with van der Waals surface area (Å²) in [7, 11) is 0. The van der Waals surface area contributed by atoms with Crippen molar-refractivity contribution in [1.29, 1.82) is 0 Å². The zero-order valence-electron chi connectivity index (χ0n) is 12.3. The quantitative estimate of drug-likeness (QED) is 0.913. The third kappa shape index (κ3) is 4.36. The van der Waals surface area contributed by atoms with Crippen molar-refractivity contribution >= 4 is 11.9 Å². The van der Waals surface area contributed by atoms with Crippen molar-refractivity contribution in [3.05, 3.63) is 18.6 Å². The summed E-state index contributed by atoms with van der Waals surface area (Å²) in [6, 6.07) is 0. The van der Waals surface area contributed by atoms with Crippen LogP contribution in [-0.2, 0) is 4.74 Å². The fourth-order valence-corrected chi connectivity index (χ4v) is 2.20. The highest BCUT2D eigenvalue weighted by Gasteiger charge is 2.24. The Morgan fingerprint density at radius 2 is 2.30 bits per heavy atom. The van der Waals surface area contributed by atoms with Gasteiger partial charge in [0, 0.05) is 32.0 Å². The Morgan fingerprint density at radius 3 is 2.95 bits per heavy atom. The van der Waals surface area contributed by atoms with Crippen LogP contribution in [0.3, 0.4) is 0 Å². The van der Waals surface area contributed by atoms with E-state index in [0.717, 1.165) is 25.3 Å². The Balaban J connectivity index is 1.75. The Kier molecular flexibility index (Phi) is 4.42. The molecule has 1 amide bonds. The van der Waals surface area contributed by atoms with Gasteiger partial charge < -0.3 is 15.0 Å². The molecule has 1 unspecified atom stereocenters. The van der Waals surface area contributed by atoms with Crippen molar-refractivity contribution in [2.75, 3.05) is 24.5 Å². The minimum Gasteiger partial charge on any atom is -0.444 e. The Bertz CT molecular complexity index is 444. The summed E-state index contributed by atoms with van der Waals surface area (Å²) in [4.78, 5) is 22.2. The first-order valence-corrected chi connectivity index (χ1v) is 6.92. The molecule has 2 heterocycles. The fourth-order valence-electron chi connectivity index (χ4n) is 2.20. The van der Waals surface area contributed by atoms with Crippen molar-refractivity contribution in [2.45, 2.75) is 32.8 Å². The van der Waals surface area contributed by atoms with Crippen LogP contribution in [0.2, 0.25) is 0 Å². The van der Waals surface area contributed by atoms with Gasteiger partial charge in [0.25, 0.3) is 0 Å². The number of anilines is 1. The smallest absolute Gasteiger partial charge is 0.407 e. The number of carbonyl (C=O) groups is 1. The number of hydrogen-bond acceptors (Lipinski definition) is 5. The van der Waals surface area contributed by atoms with Crippen LogP contribution in [0, 0.1) is 5.92 Å². The average molecular weight is 278 g/mol. The molecular weight excluding hydrogens is 256 g/mol. The van der Waals surface area contributed by atoms with Crippen LogP contribution in [0.1, 0.15) is 27.2 Å². The molecule has 0 spiro atoms. The van der Waals surface area contributed by atoms with Gasteiger partial charge in [0.2, 0.25) is 0 Å². The lowest BCUT2D eigenvalue weighted by Crippen LogP contribution is -2.36.